The Kier molecular flexibility index (Phi) is 3.17. The van der Waals surface area contributed by atoms with Crippen molar-refractivity contribution in [3.05, 3.63) is 0 Å². The zero-order valence-corrected chi connectivity index (χ0v) is 8.91. The lowest BCUT2D eigenvalue weighted by molar-refractivity contribution is 0.0337. The van der Waals surface area contributed by atoms with Crippen molar-refractivity contribution in [1.29, 1.82) is 0 Å². The molecular formula is C10H19NOS. The molecule has 0 bridgehead atoms. The van der Waals surface area contributed by atoms with Crippen LogP contribution in [0.4, 0.5) is 0 Å². The SMILES string of the molecule is OC1(CSC2CCC2)CCNCC1. The number of hydrogen-bond donors (Lipinski definition) is 2. The zero-order chi connectivity index (χ0) is 9.15. The summed E-state index contributed by atoms with van der Waals surface area (Å²) in [5.74, 6) is 0.958. The maximum absolute atomic E-state index is 10.2. The number of aliphatic hydroxyl groups is 1. The van der Waals surface area contributed by atoms with Crippen LogP contribution in [0.3, 0.4) is 0 Å². The molecule has 2 N–H and O–H groups in total. The van der Waals surface area contributed by atoms with Gasteiger partial charge in [-0.1, -0.05) is 6.42 Å². The van der Waals surface area contributed by atoms with Crippen LogP contribution in [0, 0.1) is 0 Å². The highest BCUT2D eigenvalue weighted by Crippen LogP contribution is 2.34. The van der Waals surface area contributed by atoms with E-state index in [1.807, 2.05) is 11.8 Å². The topological polar surface area (TPSA) is 32.3 Å². The quantitative estimate of drug-likeness (QED) is 0.723. The molecule has 0 amide bonds. The molecule has 1 aliphatic heterocycles. The summed E-state index contributed by atoms with van der Waals surface area (Å²) >= 11 is 1.99. The van der Waals surface area contributed by atoms with Gasteiger partial charge in [-0.25, -0.2) is 0 Å². The second kappa shape index (κ2) is 4.20. The van der Waals surface area contributed by atoms with E-state index in [2.05, 4.69) is 5.32 Å². The first-order valence-electron chi connectivity index (χ1n) is 5.33. The fourth-order valence-electron chi connectivity index (χ4n) is 1.85. The maximum Gasteiger partial charge on any atom is 0.0762 e. The third kappa shape index (κ3) is 2.61. The molecule has 1 saturated carbocycles. The van der Waals surface area contributed by atoms with Crippen molar-refractivity contribution in [3.63, 3.8) is 0 Å². The molecule has 1 heterocycles. The van der Waals surface area contributed by atoms with Crippen LogP contribution in [0.25, 0.3) is 0 Å². The van der Waals surface area contributed by atoms with Gasteiger partial charge in [-0.3, -0.25) is 0 Å². The van der Waals surface area contributed by atoms with E-state index in [1.165, 1.54) is 19.3 Å². The molecule has 2 aliphatic rings. The van der Waals surface area contributed by atoms with Gasteiger partial charge in [-0.2, -0.15) is 11.8 Å². The summed E-state index contributed by atoms with van der Waals surface area (Å²) in [5, 5.41) is 14.3. The standard InChI is InChI=1S/C10H19NOS/c12-10(4-6-11-7-5-10)8-13-9-2-1-3-9/h9,11-12H,1-8H2. The van der Waals surface area contributed by atoms with Gasteiger partial charge in [-0.05, 0) is 38.8 Å². The van der Waals surface area contributed by atoms with E-state index in [1.54, 1.807) is 0 Å². The number of nitrogens with one attached hydrogen (secondary N) is 1. The largest absolute Gasteiger partial charge is 0.389 e. The molecule has 0 spiro atoms. The average molecular weight is 201 g/mol. The average Bonchev–Trinajstić information content (AvgIpc) is 2.02. The fraction of sp³-hybridized carbons (Fsp3) is 1.00. The molecular weight excluding hydrogens is 182 g/mol. The molecule has 1 aliphatic carbocycles. The molecule has 76 valence electrons. The minimum absolute atomic E-state index is 0.356. The first-order chi connectivity index (χ1) is 6.29. The van der Waals surface area contributed by atoms with Gasteiger partial charge in [0.05, 0.1) is 5.60 Å². The van der Waals surface area contributed by atoms with E-state index in [0.29, 0.717) is 0 Å². The molecule has 2 nitrogen and oxygen atoms in total. The van der Waals surface area contributed by atoms with Gasteiger partial charge >= 0.3 is 0 Å². The second-order valence-corrected chi connectivity index (χ2v) is 5.63. The highest BCUT2D eigenvalue weighted by molar-refractivity contribution is 8.00. The predicted octanol–water partition coefficient (Wildman–Crippen LogP) is 1.39. The molecule has 2 rings (SSSR count). The number of thioether (sulfide) groups is 1. The third-order valence-corrected chi connectivity index (χ3v) is 4.82. The van der Waals surface area contributed by atoms with Crippen LogP contribution >= 0.6 is 11.8 Å². The van der Waals surface area contributed by atoms with E-state index in [0.717, 1.165) is 36.9 Å². The normalized spacial score (nSPS) is 28.4. The van der Waals surface area contributed by atoms with Gasteiger partial charge in [-0.15, -0.1) is 0 Å². The zero-order valence-electron chi connectivity index (χ0n) is 8.09. The van der Waals surface area contributed by atoms with Crippen LogP contribution in [0.1, 0.15) is 32.1 Å². The Bertz CT molecular complexity index is 164. The molecule has 0 unspecified atom stereocenters. The van der Waals surface area contributed by atoms with E-state index >= 15 is 0 Å². The van der Waals surface area contributed by atoms with Crippen LogP contribution in [0.2, 0.25) is 0 Å². The molecule has 3 heteroatoms. The van der Waals surface area contributed by atoms with Crippen LogP contribution in [-0.4, -0.2) is 34.8 Å². The molecule has 13 heavy (non-hydrogen) atoms. The van der Waals surface area contributed by atoms with E-state index in [9.17, 15) is 5.11 Å². The molecule has 0 atom stereocenters. The molecule has 0 aromatic rings. The van der Waals surface area contributed by atoms with Crippen LogP contribution in [0.5, 0.6) is 0 Å². The van der Waals surface area contributed by atoms with E-state index in [4.69, 9.17) is 0 Å². The summed E-state index contributed by atoms with van der Waals surface area (Å²) in [4.78, 5) is 0. The summed E-state index contributed by atoms with van der Waals surface area (Å²) in [7, 11) is 0. The molecule has 0 aromatic carbocycles. The lowest BCUT2D eigenvalue weighted by Crippen LogP contribution is -2.44. The van der Waals surface area contributed by atoms with Gasteiger partial charge in [0.25, 0.3) is 0 Å². The fourth-order valence-corrected chi connectivity index (χ4v) is 3.35. The van der Waals surface area contributed by atoms with Crippen molar-refractivity contribution in [2.24, 2.45) is 0 Å². The van der Waals surface area contributed by atoms with Crippen molar-refractivity contribution in [1.82, 2.24) is 5.32 Å². The highest BCUT2D eigenvalue weighted by atomic mass is 32.2. The lowest BCUT2D eigenvalue weighted by atomic mass is 9.95. The van der Waals surface area contributed by atoms with Crippen molar-refractivity contribution in [2.45, 2.75) is 43.0 Å². The van der Waals surface area contributed by atoms with Gasteiger partial charge in [0.2, 0.25) is 0 Å². The molecule has 0 radical (unpaired) electrons. The Morgan fingerprint density at radius 3 is 2.54 bits per heavy atom. The lowest BCUT2D eigenvalue weighted by Gasteiger charge is -2.35. The predicted molar refractivity (Wildman–Crippen MR) is 57.2 cm³/mol. The number of piperidine rings is 1. The minimum Gasteiger partial charge on any atom is -0.389 e. The van der Waals surface area contributed by atoms with E-state index < -0.39 is 0 Å². The Labute approximate surface area is 84.5 Å². The monoisotopic (exact) mass is 201 g/mol. The molecule has 1 saturated heterocycles. The van der Waals surface area contributed by atoms with Gasteiger partial charge in [0.15, 0.2) is 0 Å². The van der Waals surface area contributed by atoms with Crippen LogP contribution in [-0.2, 0) is 0 Å². The summed E-state index contributed by atoms with van der Waals surface area (Å²) in [6, 6.07) is 0. The second-order valence-electron chi connectivity index (χ2n) is 4.34. The highest BCUT2D eigenvalue weighted by Gasteiger charge is 2.31. The van der Waals surface area contributed by atoms with Gasteiger partial charge < -0.3 is 10.4 Å². The Morgan fingerprint density at radius 2 is 2.00 bits per heavy atom. The minimum atomic E-state index is -0.356. The van der Waals surface area contributed by atoms with Gasteiger partial charge in [0.1, 0.15) is 0 Å². The van der Waals surface area contributed by atoms with Crippen molar-refractivity contribution < 1.29 is 5.11 Å². The Morgan fingerprint density at radius 1 is 1.31 bits per heavy atom. The van der Waals surface area contributed by atoms with Crippen molar-refractivity contribution in [3.8, 4) is 0 Å². The first-order valence-corrected chi connectivity index (χ1v) is 6.38. The smallest absolute Gasteiger partial charge is 0.0762 e. The molecule has 0 aromatic heterocycles. The first kappa shape index (κ1) is 9.81. The summed E-state index contributed by atoms with van der Waals surface area (Å²) in [6.45, 7) is 1.98. The van der Waals surface area contributed by atoms with Crippen molar-refractivity contribution >= 4 is 11.8 Å². The maximum atomic E-state index is 10.2. The summed E-state index contributed by atoms with van der Waals surface area (Å²) < 4.78 is 0. The summed E-state index contributed by atoms with van der Waals surface area (Å²) in [6.07, 6.45) is 6.02. The number of hydrogen-bond acceptors (Lipinski definition) is 3. The summed E-state index contributed by atoms with van der Waals surface area (Å²) in [5.41, 5.74) is -0.356. The van der Waals surface area contributed by atoms with E-state index in [-0.39, 0.29) is 5.60 Å². The third-order valence-electron chi connectivity index (χ3n) is 3.17. The molecule has 2 fully saturated rings. The number of rotatable bonds is 3. The Hall–Kier alpha value is 0.270. The van der Waals surface area contributed by atoms with Crippen molar-refractivity contribution in [2.75, 3.05) is 18.8 Å². The van der Waals surface area contributed by atoms with Gasteiger partial charge in [0, 0.05) is 11.0 Å². The van der Waals surface area contributed by atoms with Crippen LogP contribution in [0.15, 0.2) is 0 Å². The van der Waals surface area contributed by atoms with Crippen LogP contribution < -0.4 is 5.32 Å². The Balaban J connectivity index is 1.71.